The molecule has 7 aliphatic rings. The lowest BCUT2D eigenvalue weighted by Gasteiger charge is -2.35. The summed E-state index contributed by atoms with van der Waals surface area (Å²) in [5, 5.41) is 8.22. The molecule has 736 valence electrons. The Morgan fingerprint density at radius 1 is 0.373 bits per heavy atom. The number of para-hydroxylation sites is 1. The van der Waals surface area contributed by atoms with Crippen LogP contribution in [0.5, 0.6) is 23.2 Å². The van der Waals surface area contributed by atoms with Gasteiger partial charge in [-0.05, 0) is 240 Å². The summed E-state index contributed by atoms with van der Waals surface area (Å²) in [6.07, 6.45) is 10.4. The zero-order valence-corrected chi connectivity index (χ0v) is 87.5. The minimum Gasteiger partial charge on any atom is -0.492 e. The van der Waals surface area contributed by atoms with Crippen molar-refractivity contribution in [1.29, 1.82) is 0 Å². The van der Waals surface area contributed by atoms with E-state index in [2.05, 4.69) is 29.6 Å². The molecule has 0 bridgehead atoms. The molecular formula is C105H142O24S5. The van der Waals surface area contributed by atoms with E-state index in [1.165, 1.54) is 27.0 Å². The van der Waals surface area contributed by atoms with E-state index in [-0.39, 0.29) is 41.8 Å². The number of carbonyl (C=O) groups excluding carboxylic acids is 7. The largest absolute Gasteiger partial charge is 0.492 e. The van der Waals surface area contributed by atoms with E-state index in [1.54, 1.807) is 69.8 Å². The van der Waals surface area contributed by atoms with Gasteiger partial charge in [-0.15, -0.1) is 57.1 Å². The number of fused-ring (bicyclic) bond motifs is 6. The van der Waals surface area contributed by atoms with Crippen molar-refractivity contribution in [1.82, 2.24) is 0 Å². The molecule has 0 N–H and O–H groups in total. The van der Waals surface area contributed by atoms with Gasteiger partial charge in [-0.1, -0.05) is 84.9 Å². The normalized spacial score (nSPS) is 22.8. The predicted octanol–water partition coefficient (Wildman–Crippen LogP) is 25.8. The van der Waals surface area contributed by atoms with Gasteiger partial charge in [0.1, 0.15) is 35.9 Å². The first-order chi connectivity index (χ1) is 62.9. The highest BCUT2D eigenvalue weighted by molar-refractivity contribution is 7.99. The van der Waals surface area contributed by atoms with Crippen LogP contribution in [0.4, 0.5) is 0 Å². The molecule has 14 heterocycles. The summed E-state index contributed by atoms with van der Waals surface area (Å²) in [5.74, 6) is 4.44. The summed E-state index contributed by atoms with van der Waals surface area (Å²) in [6.45, 7) is 52.6. The summed E-state index contributed by atoms with van der Waals surface area (Å²) < 4.78 is 96.9. The van der Waals surface area contributed by atoms with Crippen molar-refractivity contribution in [2.24, 2.45) is 37.9 Å². The summed E-state index contributed by atoms with van der Waals surface area (Å²) in [5.41, 5.74) is -7.10. The van der Waals surface area contributed by atoms with Crippen molar-refractivity contribution < 1.29 is 113 Å². The van der Waals surface area contributed by atoms with Crippen LogP contribution in [-0.2, 0) is 120 Å². The number of esters is 7. The molecule has 2 aromatic carbocycles. The van der Waals surface area contributed by atoms with Crippen molar-refractivity contribution in [3.63, 3.8) is 0 Å². The standard InChI is InChI=1S/C18H22O4.C18H22O3S.C15H22O5.C14H20O3S.C14H20O2S2.C13H18O4.C13H18O3S/c1-4-17(2,3)16(19)22-18(9-10-20-12-18)15-11-13-7-5-6-8-14(13)21-15;1-4-17(2,3)16(19)21-18(9-10-20-12-18)15-11-13-7-5-6-8-14(13)22-15;1-5-14(2,3)13(16)20-15(8-9-18-10-15)11-6-7-12(17-4)19-11;1-5-13(2,3)12(15)17-14(4)7-8-16-10-6-9-18-11(10)14;1-5-13(2,3)12(15)16-14(4)7-9-17-10-6-8-18-11(10)14;1-5-12(2,3)11(14)17-13(4)8-16-9-6-7-15-10(9)13;1-5-12(2,3)11(14)16-13(4)8-15-9-6-7-17-10(9)13/h2*5-8,11H,4,9-10,12H2,1-3H3;6-7H,5,8-10H2,1-4H3;6,9H,5,7-8H2,1-4H3;6,8H,5,7,9H2,1-4H3;2*6-7H,5,8H2,1-4H3. The number of furan rings is 3. The number of hydrogen-bond acceptors (Lipinski definition) is 29. The van der Waals surface area contributed by atoms with Gasteiger partial charge >= 0.3 is 41.8 Å². The smallest absolute Gasteiger partial charge is 0.312 e. The van der Waals surface area contributed by atoms with Gasteiger partial charge in [0.2, 0.25) is 5.60 Å². The SMILES string of the molecule is CCC(C)(C)C(=O)OC1(C)CCOc2ccsc21.CCC(C)(C)C(=O)OC1(C)CCSc2ccsc21.CCC(C)(C)C(=O)OC1(C)COc2ccoc21.CCC(C)(C)C(=O)OC1(C)COc2ccsc21.CCC(C)(C)C(=O)OC1(c2cc3ccccc3o2)CCOC1.CCC(C)(C)C(=O)OC1(c2cc3ccccc3s2)CCOC1.CCC(C)(C)C(=O)OC1(c2ccc(OC)o2)CCOC1. The third-order valence-corrected chi connectivity index (χ3v) is 33.2. The number of methoxy groups -OCH3 is 1. The van der Waals surface area contributed by atoms with E-state index in [4.69, 9.17) is 79.6 Å². The highest BCUT2D eigenvalue weighted by Crippen LogP contribution is 2.52. The fraction of sp³-hybridized carbons (Fsp3) is 0.590. The molecule has 0 aliphatic carbocycles. The van der Waals surface area contributed by atoms with Crippen molar-refractivity contribution >= 4 is 120 Å². The number of carbonyl (C=O) groups is 7. The number of ether oxygens (including phenoxy) is 14. The molecule has 134 heavy (non-hydrogen) atoms. The third-order valence-electron chi connectivity index (χ3n) is 27.2. The minimum absolute atomic E-state index is 0.0845. The van der Waals surface area contributed by atoms with Crippen LogP contribution in [0, 0.1) is 37.9 Å². The second-order valence-electron chi connectivity index (χ2n) is 40.6. The number of benzene rings is 2. The molecule has 7 unspecified atom stereocenters. The molecule has 7 atom stereocenters. The van der Waals surface area contributed by atoms with Crippen LogP contribution in [0.1, 0.15) is 287 Å². The first kappa shape index (κ1) is 107. The Hall–Kier alpha value is -8.68. The maximum Gasteiger partial charge on any atom is 0.312 e. The van der Waals surface area contributed by atoms with Gasteiger partial charge < -0.3 is 79.6 Å². The lowest BCUT2D eigenvalue weighted by atomic mass is 9.89. The Kier molecular flexibility index (Phi) is 34.9. The Labute approximate surface area is 811 Å². The Balaban J connectivity index is 0.000000162. The van der Waals surface area contributed by atoms with Crippen LogP contribution in [-0.4, -0.2) is 114 Å². The van der Waals surface area contributed by atoms with E-state index in [9.17, 15) is 33.6 Å². The van der Waals surface area contributed by atoms with E-state index >= 15 is 0 Å². The van der Waals surface area contributed by atoms with E-state index in [1.807, 2.05) is 250 Å². The molecule has 29 heteroatoms. The number of thioether (sulfide) groups is 1. The monoisotopic (exact) mass is 1950 g/mol. The number of thiophene rings is 4. The summed E-state index contributed by atoms with van der Waals surface area (Å²) in [4.78, 5) is 91.8. The molecule has 3 fully saturated rings. The molecule has 9 aromatic rings. The lowest BCUT2D eigenvalue weighted by Crippen LogP contribution is -2.38. The molecule has 7 aliphatic heterocycles. The van der Waals surface area contributed by atoms with Crippen molar-refractivity contribution in [3.05, 3.63) is 156 Å². The molecule has 24 nitrogen and oxygen atoms in total. The van der Waals surface area contributed by atoms with Gasteiger partial charge in [-0.2, -0.15) is 0 Å². The van der Waals surface area contributed by atoms with Gasteiger partial charge in [0.15, 0.2) is 51.0 Å². The van der Waals surface area contributed by atoms with E-state index < -0.39 is 77.1 Å². The molecule has 0 amide bonds. The Morgan fingerprint density at radius 3 is 1.26 bits per heavy atom. The van der Waals surface area contributed by atoms with Crippen LogP contribution in [0.2, 0.25) is 0 Å². The minimum atomic E-state index is -0.833. The fourth-order valence-electron chi connectivity index (χ4n) is 14.1. The van der Waals surface area contributed by atoms with Crippen LogP contribution >= 0.6 is 57.1 Å². The summed E-state index contributed by atoms with van der Waals surface area (Å²) in [7, 11) is 1.53. The molecule has 3 saturated heterocycles. The Bertz CT molecular complexity index is 5090. The molecule has 0 saturated carbocycles. The zero-order chi connectivity index (χ0) is 98.5. The maximum absolute atomic E-state index is 12.6. The van der Waals surface area contributed by atoms with Gasteiger partial charge in [0, 0.05) is 65.0 Å². The summed E-state index contributed by atoms with van der Waals surface area (Å²) in [6, 6.07) is 31.4. The quantitative estimate of drug-likeness (QED) is 0.0379. The average molecular weight is 1950 g/mol. The highest BCUT2D eigenvalue weighted by atomic mass is 32.2. The predicted molar refractivity (Wildman–Crippen MR) is 523 cm³/mol. The molecule has 0 spiro atoms. The van der Waals surface area contributed by atoms with Gasteiger partial charge in [-0.3, -0.25) is 33.6 Å². The average Bonchev–Trinajstić information content (AvgIpc) is 1.59. The second-order valence-corrected chi connectivity index (χ2v) is 45.5. The van der Waals surface area contributed by atoms with E-state index in [0.717, 1.165) is 94.2 Å². The van der Waals surface area contributed by atoms with Gasteiger partial charge in [0.25, 0.3) is 5.95 Å². The molecule has 7 aromatic heterocycles. The first-order valence-corrected chi connectivity index (χ1v) is 51.2. The highest BCUT2D eigenvalue weighted by Gasteiger charge is 2.52. The lowest BCUT2D eigenvalue weighted by molar-refractivity contribution is -0.175. The van der Waals surface area contributed by atoms with Gasteiger partial charge in [0.05, 0.1) is 117 Å². The topological polar surface area (TPSA) is 288 Å². The number of rotatable bonds is 25. The van der Waals surface area contributed by atoms with Crippen LogP contribution in [0.15, 0.2) is 138 Å². The third kappa shape index (κ3) is 24.7. The van der Waals surface area contributed by atoms with Crippen LogP contribution in [0.25, 0.3) is 21.1 Å². The van der Waals surface area contributed by atoms with Crippen LogP contribution < -0.4 is 18.9 Å². The first-order valence-electron chi connectivity index (χ1n) is 46.8. The van der Waals surface area contributed by atoms with Crippen molar-refractivity contribution in [3.8, 4) is 23.2 Å². The number of hydrogen-bond donors (Lipinski definition) is 0. The zero-order valence-electron chi connectivity index (χ0n) is 83.4. The van der Waals surface area contributed by atoms with Crippen LogP contribution in [0.3, 0.4) is 0 Å². The summed E-state index contributed by atoms with van der Waals surface area (Å²) >= 11 is 8.42. The van der Waals surface area contributed by atoms with Gasteiger partial charge in [-0.25, -0.2) is 0 Å². The Morgan fingerprint density at radius 2 is 0.784 bits per heavy atom. The maximum atomic E-state index is 12.6. The second kappa shape index (κ2) is 43.6. The van der Waals surface area contributed by atoms with Crippen molar-refractivity contribution in [2.75, 3.05) is 72.3 Å². The molecule has 16 rings (SSSR count). The molecular weight excluding hydrogens is 1810 g/mol. The van der Waals surface area contributed by atoms with Crippen molar-refractivity contribution in [2.45, 2.75) is 294 Å². The molecule has 0 radical (unpaired) electrons. The van der Waals surface area contributed by atoms with E-state index in [0.29, 0.717) is 114 Å². The fourth-order valence-corrected chi connectivity index (χ4v) is 19.7.